The Bertz CT molecular complexity index is 1440. The van der Waals surface area contributed by atoms with Crippen molar-refractivity contribution in [2.24, 2.45) is 0 Å². The number of nitrogens with zero attached hydrogens (tertiary/aromatic N) is 2. The molecule has 4 aromatic rings. The number of rotatable bonds is 3. The third-order valence-electron chi connectivity index (χ3n) is 7.14. The molecule has 2 amide bonds. The van der Waals surface area contributed by atoms with E-state index in [9.17, 15) is 9.59 Å². The molecule has 2 aliphatic heterocycles. The van der Waals surface area contributed by atoms with Crippen molar-refractivity contribution in [3.8, 4) is 0 Å². The molecule has 1 fully saturated rings. The smallest absolute Gasteiger partial charge is 0.246 e. The van der Waals surface area contributed by atoms with E-state index in [1.54, 1.807) is 4.90 Å². The van der Waals surface area contributed by atoms with Gasteiger partial charge in [-0.15, -0.1) is 0 Å². The molecular weight excluding hydrogens is 446 g/mol. The van der Waals surface area contributed by atoms with E-state index >= 15 is 0 Å². The SMILES string of the molecule is Cc1ccccc1[C@@H]1c2[nH]c3ccccc3c2C[C@H]2C(=O)N(Cc3ccccc3Cl)CC(=O)N12. The van der Waals surface area contributed by atoms with Crippen LogP contribution in [0.15, 0.2) is 72.8 Å². The molecule has 6 rings (SSSR count). The largest absolute Gasteiger partial charge is 0.356 e. The summed E-state index contributed by atoms with van der Waals surface area (Å²) in [6.07, 6.45) is 0.491. The van der Waals surface area contributed by atoms with Crippen LogP contribution in [0.25, 0.3) is 10.9 Å². The van der Waals surface area contributed by atoms with Gasteiger partial charge in [0.15, 0.2) is 0 Å². The van der Waals surface area contributed by atoms with E-state index in [1.807, 2.05) is 53.4 Å². The average Bonchev–Trinajstić information content (AvgIpc) is 3.21. The second kappa shape index (κ2) is 8.03. The van der Waals surface area contributed by atoms with Crippen LogP contribution in [0.5, 0.6) is 0 Å². The number of aromatic amines is 1. The average molecular weight is 470 g/mol. The Morgan fingerprint density at radius 3 is 2.53 bits per heavy atom. The van der Waals surface area contributed by atoms with E-state index in [4.69, 9.17) is 11.6 Å². The number of H-pyrrole nitrogens is 1. The summed E-state index contributed by atoms with van der Waals surface area (Å²) in [4.78, 5) is 34.5. The number of amides is 2. The number of aryl methyl sites for hydroxylation is 1. The molecule has 0 aliphatic carbocycles. The monoisotopic (exact) mass is 469 g/mol. The quantitative estimate of drug-likeness (QED) is 0.458. The highest BCUT2D eigenvalue weighted by Crippen LogP contribution is 2.43. The fourth-order valence-electron chi connectivity index (χ4n) is 5.51. The topological polar surface area (TPSA) is 56.4 Å². The summed E-state index contributed by atoms with van der Waals surface area (Å²) in [5.41, 5.74) is 6.13. The predicted molar refractivity (Wildman–Crippen MR) is 133 cm³/mol. The number of hydrogen-bond donors (Lipinski definition) is 1. The van der Waals surface area contributed by atoms with Crippen LogP contribution in [0.3, 0.4) is 0 Å². The van der Waals surface area contributed by atoms with E-state index in [2.05, 4.69) is 36.2 Å². The summed E-state index contributed by atoms with van der Waals surface area (Å²) in [5, 5.41) is 1.71. The number of hydrogen-bond acceptors (Lipinski definition) is 2. The van der Waals surface area contributed by atoms with Gasteiger partial charge in [0.1, 0.15) is 12.6 Å². The zero-order chi connectivity index (χ0) is 23.4. The van der Waals surface area contributed by atoms with Gasteiger partial charge in [-0.25, -0.2) is 0 Å². The number of halogens is 1. The third kappa shape index (κ3) is 3.23. The van der Waals surface area contributed by atoms with Crippen LogP contribution in [0.4, 0.5) is 0 Å². The number of piperazine rings is 1. The first-order chi connectivity index (χ1) is 16.5. The predicted octanol–water partition coefficient (Wildman–Crippen LogP) is 5.01. The first-order valence-electron chi connectivity index (χ1n) is 11.5. The van der Waals surface area contributed by atoms with Crippen molar-refractivity contribution in [2.45, 2.75) is 32.0 Å². The number of para-hydroxylation sites is 1. The van der Waals surface area contributed by atoms with Gasteiger partial charge in [0.2, 0.25) is 11.8 Å². The summed E-state index contributed by atoms with van der Waals surface area (Å²) in [6, 6.07) is 22.9. The molecule has 170 valence electrons. The lowest BCUT2D eigenvalue weighted by Crippen LogP contribution is -2.62. The maximum absolute atomic E-state index is 13.8. The first-order valence-corrected chi connectivity index (χ1v) is 11.9. The number of carbonyl (C=O) groups is 2. The lowest BCUT2D eigenvalue weighted by atomic mass is 9.85. The lowest BCUT2D eigenvalue weighted by Gasteiger charge is -2.47. The van der Waals surface area contributed by atoms with Gasteiger partial charge in [-0.3, -0.25) is 9.59 Å². The molecule has 34 heavy (non-hydrogen) atoms. The van der Waals surface area contributed by atoms with Crippen LogP contribution in [-0.4, -0.2) is 39.2 Å². The van der Waals surface area contributed by atoms with Crippen molar-refractivity contribution < 1.29 is 9.59 Å². The zero-order valence-electron chi connectivity index (χ0n) is 18.8. The molecule has 3 aromatic carbocycles. The Hall–Kier alpha value is -3.57. The van der Waals surface area contributed by atoms with Gasteiger partial charge in [-0.05, 0) is 41.3 Å². The minimum absolute atomic E-state index is 0.0333. The highest BCUT2D eigenvalue weighted by atomic mass is 35.5. The number of fused-ring (bicyclic) bond motifs is 4. The van der Waals surface area contributed by atoms with Crippen molar-refractivity contribution in [3.63, 3.8) is 0 Å². The molecule has 0 radical (unpaired) electrons. The van der Waals surface area contributed by atoms with E-state index in [0.29, 0.717) is 18.0 Å². The van der Waals surface area contributed by atoms with Crippen LogP contribution in [0, 0.1) is 6.92 Å². The van der Waals surface area contributed by atoms with Gasteiger partial charge < -0.3 is 14.8 Å². The van der Waals surface area contributed by atoms with E-state index in [0.717, 1.165) is 38.9 Å². The zero-order valence-corrected chi connectivity index (χ0v) is 19.5. The normalized spacial score (nSPS) is 19.9. The van der Waals surface area contributed by atoms with Crippen molar-refractivity contribution in [1.29, 1.82) is 0 Å². The summed E-state index contributed by atoms with van der Waals surface area (Å²) in [7, 11) is 0. The molecule has 2 aliphatic rings. The standard InChI is InChI=1S/C28H24ClN3O2/c1-17-8-2-4-10-19(17)27-26-21(20-11-5-7-13-23(20)30-26)14-24-28(34)31(16-25(33)32(24)27)15-18-9-3-6-12-22(18)29/h2-13,24,27,30H,14-16H2,1H3/t24-,27+/m0/s1. The highest BCUT2D eigenvalue weighted by molar-refractivity contribution is 6.31. The Morgan fingerprint density at radius 1 is 0.971 bits per heavy atom. The second-order valence-corrected chi connectivity index (χ2v) is 9.54. The van der Waals surface area contributed by atoms with Crippen molar-refractivity contribution in [3.05, 3.63) is 106 Å². The number of benzene rings is 3. The van der Waals surface area contributed by atoms with Gasteiger partial charge in [-0.1, -0.05) is 72.3 Å². The molecule has 3 heterocycles. The number of aromatic nitrogens is 1. The van der Waals surface area contributed by atoms with Gasteiger partial charge in [-0.2, -0.15) is 0 Å². The Kier molecular flexibility index (Phi) is 4.96. The fourth-order valence-corrected chi connectivity index (χ4v) is 5.70. The lowest BCUT2D eigenvalue weighted by molar-refractivity contribution is -0.159. The van der Waals surface area contributed by atoms with Gasteiger partial charge in [0, 0.05) is 34.6 Å². The summed E-state index contributed by atoms with van der Waals surface area (Å²) in [6.45, 7) is 2.42. The Morgan fingerprint density at radius 2 is 1.71 bits per heavy atom. The van der Waals surface area contributed by atoms with Crippen LogP contribution >= 0.6 is 11.6 Å². The van der Waals surface area contributed by atoms with Crippen LogP contribution in [0.1, 0.15) is 34.0 Å². The Labute approximate surface area is 202 Å². The molecule has 0 spiro atoms. The van der Waals surface area contributed by atoms with Crippen molar-refractivity contribution in [1.82, 2.24) is 14.8 Å². The first kappa shape index (κ1) is 21.0. The molecule has 0 bridgehead atoms. The van der Waals surface area contributed by atoms with Crippen molar-refractivity contribution >= 4 is 34.3 Å². The molecular formula is C28H24ClN3O2. The van der Waals surface area contributed by atoms with Gasteiger partial charge in [0.05, 0.1) is 6.04 Å². The minimum Gasteiger partial charge on any atom is -0.356 e. The maximum atomic E-state index is 13.8. The minimum atomic E-state index is -0.556. The van der Waals surface area contributed by atoms with Gasteiger partial charge in [0.25, 0.3) is 0 Å². The molecule has 2 atom stereocenters. The highest BCUT2D eigenvalue weighted by Gasteiger charge is 2.48. The molecule has 0 saturated carbocycles. The number of carbonyl (C=O) groups excluding carboxylic acids is 2. The fraction of sp³-hybridized carbons (Fsp3) is 0.214. The maximum Gasteiger partial charge on any atom is 0.246 e. The number of nitrogens with one attached hydrogen (secondary N) is 1. The van der Waals surface area contributed by atoms with E-state index < -0.39 is 6.04 Å². The van der Waals surface area contributed by atoms with Crippen LogP contribution in [-0.2, 0) is 22.6 Å². The van der Waals surface area contributed by atoms with Crippen molar-refractivity contribution in [2.75, 3.05) is 6.54 Å². The second-order valence-electron chi connectivity index (χ2n) is 9.13. The van der Waals surface area contributed by atoms with Gasteiger partial charge >= 0.3 is 0 Å². The van der Waals surface area contributed by atoms with Crippen LogP contribution in [0.2, 0.25) is 5.02 Å². The summed E-state index contributed by atoms with van der Waals surface area (Å²) >= 11 is 6.37. The summed E-state index contributed by atoms with van der Waals surface area (Å²) < 4.78 is 0. The molecule has 6 heteroatoms. The molecule has 1 aromatic heterocycles. The van der Waals surface area contributed by atoms with E-state index in [-0.39, 0.29) is 24.4 Å². The van der Waals surface area contributed by atoms with E-state index in [1.165, 1.54) is 0 Å². The molecule has 1 saturated heterocycles. The third-order valence-corrected chi connectivity index (χ3v) is 7.51. The van der Waals surface area contributed by atoms with Crippen LogP contribution < -0.4 is 0 Å². The molecule has 5 nitrogen and oxygen atoms in total. The summed E-state index contributed by atoms with van der Waals surface area (Å²) in [5.74, 6) is -0.0803. The molecule has 1 N–H and O–H groups in total. The molecule has 0 unspecified atom stereocenters. The Balaban J connectivity index is 1.47.